The third-order valence-corrected chi connectivity index (χ3v) is 1.09. The molecular formula is C2H10NNaO3S. The van der Waals surface area contributed by atoms with Crippen molar-refractivity contribution in [1.29, 1.82) is 0 Å². The van der Waals surface area contributed by atoms with Crippen molar-refractivity contribution < 1.29 is 44.0 Å². The first kappa shape index (κ1) is 15.9. The molecule has 0 aromatic carbocycles. The molecule has 4 nitrogen and oxygen atoms in total. The summed E-state index contributed by atoms with van der Waals surface area (Å²) in [5.41, 5.74) is 0. The van der Waals surface area contributed by atoms with E-state index >= 15 is 0 Å². The summed E-state index contributed by atoms with van der Waals surface area (Å²) in [4.78, 5) is 0. The van der Waals surface area contributed by atoms with Crippen LogP contribution in [0, 0.1) is 0 Å². The first-order chi connectivity index (χ1) is 2.56. The molecule has 0 rings (SSSR count). The summed E-state index contributed by atoms with van der Waals surface area (Å²) in [6, 6.07) is 0. The van der Waals surface area contributed by atoms with E-state index in [-0.39, 0.29) is 42.9 Å². The Morgan fingerprint density at radius 3 is 1.75 bits per heavy atom. The van der Waals surface area contributed by atoms with E-state index in [1.54, 1.807) is 0 Å². The first-order valence-corrected chi connectivity index (χ1v) is 3.12. The molecule has 0 aliphatic heterocycles. The third-order valence-electron chi connectivity index (χ3n) is 0.365. The van der Waals surface area contributed by atoms with Crippen molar-refractivity contribution in [2.24, 2.45) is 0 Å². The van der Waals surface area contributed by atoms with Crippen molar-refractivity contribution in [3.63, 3.8) is 0 Å². The van der Waals surface area contributed by atoms with E-state index in [4.69, 9.17) is 4.55 Å². The smallest absolute Gasteiger partial charge is 1.00 e. The third kappa shape index (κ3) is 15.8. The zero-order valence-corrected chi connectivity index (χ0v) is 7.90. The van der Waals surface area contributed by atoms with Gasteiger partial charge in [-0.05, 0) is 6.92 Å². The minimum Gasteiger partial charge on any atom is -1.00 e. The van der Waals surface area contributed by atoms with Crippen LogP contribution in [0.15, 0.2) is 0 Å². The van der Waals surface area contributed by atoms with Gasteiger partial charge in [0.15, 0.2) is 0 Å². The van der Waals surface area contributed by atoms with Crippen LogP contribution in [-0.4, -0.2) is 18.7 Å². The second kappa shape index (κ2) is 6.00. The molecule has 4 N–H and O–H groups in total. The van der Waals surface area contributed by atoms with Crippen LogP contribution in [0.2, 0.25) is 0 Å². The van der Waals surface area contributed by atoms with Crippen LogP contribution in [0.4, 0.5) is 0 Å². The van der Waals surface area contributed by atoms with Gasteiger partial charge in [0, 0.05) is 0 Å². The molecule has 0 aromatic rings. The van der Waals surface area contributed by atoms with Crippen LogP contribution in [0.25, 0.3) is 0 Å². The van der Waals surface area contributed by atoms with Crippen molar-refractivity contribution in [2.75, 3.05) is 5.75 Å². The molecule has 0 aliphatic rings. The van der Waals surface area contributed by atoms with E-state index in [2.05, 4.69) is 0 Å². The molecule has 0 bridgehead atoms. The summed E-state index contributed by atoms with van der Waals surface area (Å²) in [7, 11) is -3.66. The van der Waals surface area contributed by atoms with Gasteiger partial charge in [-0.15, -0.1) is 0 Å². The van der Waals surface area contributed by atoms with Crippen molar-refractivity contribution in [3.8, 4) is 0 Å². The van der Waals surface area contributed by atoms with Gasteiger partial charge in [-0.25, -0.2) is 0 Å². The van der Waals surface area contributed by atoms with Gasteiger partial charge < -0.3 is 7.58 Å². The molecule has 0 amide bonds. The SMILES string of the molecule is CCS(=O)(=O)O.N.[H-].[Na+]. The average molecular weight is 151 g/mol. The van der Waals surface area contributed by atoms with Gasteiger partial charge in [0.25, 0.3) is 10.1 Å². The minimum atomic E-state index is -3.66. The molecule has 8 heavy (non-hydrogen) atoms. The van der Waals surface area contributed by atoms with E-state index in [0.717, 1.165) is 0 Å². The summed E-state index contributed by atoms with van der Waals surface area (Å²) in [6.45, 7) is 1.37. The van der Waals surface area contributed by atoms with Gasteiger partial charge in [0.05, 0.1) is 5.75 Å². The van der Waals surface area contributed by atoms with Gasteiger partial charge in [-0.3, -0.25) is 4.55 Å². The fourth-order valence-electron chi connectivity index (χ4n) is 0. The Labute approximate surface area is 72.8 Å². The number of rotatable bonds is 1. The van der Waals surface area contributed by atoms with Crippen LogP contribution in [-0.2, 0) is 10.1 Å². The predicted molar refractivity (Wildman–Crippen MR) is 28.2 cm³/mol. The normalized spacial score (nSPS) is 8.75. The fraction of sp³-hybridized carbons (Fsp3) is 1.00. The molecule has 0 heterocycles. The molecule has 0 aromatic heterocycles. The Morgan fingerprint density at radius 2 is 1.75 bits per heavy atom. The van der Waals surface area contributed by atoms with E-state index in [0.29, 0.717) is 0 Å². The Bertz CT molecular complexity index is 124. The quantitative estimate of drug-likeness (QED) is 0.312. The van der Waals surface area contributed by atoms with Crippen molar-refractivity contribution >= 4 is 10.1 Å². The maximum absolute atomic E-state index is 9.56. The molecule has 0 atom stereocenters. The molecule has 0 spiro atoms. The van der Waals surface area contributed by atoms with Crippen molar-refractivity contribution in [2.45, 2.75) is 6.92 Å². The second-order valence-electron chi connectivity index (χ2n) is 0.871. The minimum absolute atomic E-state index is 0. The van der Waals surface area contributed by atoms with Crippen LogP contribution < -0.4 is 35.7 Å². The first-order valence-electron chi connectivity index (χ1n) is 1.51. The van der Waals surface area contributed by atoms with Gasteiger partial charge in [0.2, 0.25) is 0 Å². The van der Waals surface area contributed by atoms with E-state index in [1.165, 1.54) is 6.92 Å². The van der Waals surface area contributed by atoms with Crippen LogP contribution in [0.1, 0.15) is 8.35 Å². The van der Waals surface area contributed by atoms with Gasteiger partial charge in [-0.1, -0.05) is 0 Å². The summed E-state index contributed by atoms with van der Waals surface area (Å²) >= 11 is 0. The van der Waals surface area contributed by atoms with Crippen LogP contribution in [0.3, 0.4) is 0 Å². The molecule has 0 fully saturated rings. The van der Waals surface area contributed by atoms with Crippen molar-refractivity contribution in [3.05, 3.63) is 0 Å². The number of hydrogen-bond acceptors (Lipinski definition) is 3. The molecule has 0 aliphatic carbocycles. The van der Waals surface area contributed by atoms with E-state index in [1.807, 2.05) is 0 Å². The zero-order chi connectivity index (χ0) is 5.21. The molecule has 0 unspecified atom stereocenters. The fourth-order valence-corrected chi connectivity index (χ4v) is 0. The predicted octanol–water partition coefficient (Wildman–Crippen LogP) is -2.83. The summed E-state index contributed by atoms with van der Waals surface area (Å²) in [6.07, 6.45) is 0. The van der Waals surface area contributed by atoms with E-state index in [9.17, 15) is 8.42 Å². The number of hydrogen-bond donors (Lipinski definition) is 2. The Morgan fingerprint density at radius 1 is 1.62 bits per heavy atom. The maximum Gasteiger partial charge on any atom is 1.00 e. The van der Waals surface area contributed by atoms with Gasteiger partial charge >= 0.3 is 29.6 Å². The summed E-state index contributed by atoms with van der Waals surface area (Å²) in [5.74, 6) is -0.201. The van der Waals surface area contributed by atoms with Crippen LogP contribution in [0.5, 0.6) is 0 Å². The Hall–Kier alpha value is 0.870. The molecule has 0 saturated heterocycles. The van der Waals surface area contributed by atoms with Gasteiger partial charge in [-0.2, -0.15) is 8.42 Å². The van der Waals surface area contributed by atoms with Crippen LogP contribution >= 0.6 is 0 Å². The molecular weight excluding hydrogens is 141 g/mol. The second-order valence-corrected chi connectivity index (χ2v) is 2.61. The largest absolute Gasteiger partial charge is 1.00 e. The zero-order valence-electron chi connectivity index (χ0n) is 6.09. The summed E-state index contributed by atoms with van der Waals surface area (Å²) < 4.78 is 26.9. The molecule has 48 valence electrons. The summed E-state index contributed by atoms with van der Waals surface area (Å²) in [5, 5.41) is 0. The molecule has 6 heteroatoms. The van der Waals surface area contributed by atoms with E-state index < -0.39 is 10.1 Å². The molecule has 0 saturated carbocycles. The Kier molecular flexibility index (Phi) is 12.0. The van der Waals surface area contributed by atoms with Crippen molar-refractivity contribution in [1.82, 2.24) is 6.15 Å². The topological polar surface area (TPSA) is 89.4 Å². The molecule has 0 radical (unpaired) electrons. The monoisotopic (exact) mass is 151 g/mol. The average Bonchev–Trinajstić information content (AvgIpc) is 1.35. The Balaban J connectivity index is -0.0000000417. The maximum atomic E-state index is 9.56. The van der Waals surface area contributed by atoms with Gasteiger partial charge in [0.1, 0.15) is 0 Å². The standard InChI is InChI=1S/C2H6O3S.H3N.Na.H/c1-2-6(3,4)5;;;/h2H2,1H3,(H,3,4,5);1H3;;/q;;+1;-1.